The second-order valence-corrected chi connectivity index (χ2v) is 13.0. The van der Waals surface area contributed by atoms with Crippen LogP contribution in [0.2, 0.25) is 0 Å². The third-order valence-corrected chi connectivity index (χ3v) is 10.3. The van der Waals surface area contributed by atoms with Crippen LogP contribution in [0.15, 0.2) is 93.2 Å². The van der Waals surface area contributed by atoms with Gasteiger partial charge in [0.2, 0.25) is 17.7 Å². The van der Waals surface area contributed by atoms with Crippen LogP contribution < -0.4 is 15.1 Å². The number of nitrogens with zero attached hydrogens (tertiary/aromatic N) is 2. The molecule has 0 radical (unpaired) electrons. The smallest absolute Gasteiger partial charge is 0.338 e. The molecule has 218 valence electrons. The number of amides is 3. The predicted molar refractivity (Wildman–Crippen MR) is 168 cm³/mol. The van der Waals surface area contributed by atoms with E-state index in [1.165, 1.54) is 16.7 Å². The molecule has 4 aromatic rings. The highest BCUT2D eigenvalue weighted by Gasteiger charge is 2.56. The maximum absolute atomic E-state index is 14.1. The fourth-order valence-corrected chi connectivity index (χ4v) is 8.59. The lowest BCUT2D eigenvalue weighted by atomic mass is 9.83. The topological polar surface area (TPSA) is 115 Å². The van der Waals surface area contributed by atoms with E-state index in [2.05, 4.69) is 21.2 Å². The van der Waals surface area contributed by atoms with Crippen molar-refractivity contribution >= 4 is 74.1 Å². The van der Waals surface area contributed by atoms with Crippen molar-refractivity contribution in [2.45, 2.75) is 29.7 Å². The van der Waals surface area contributed by atoms with E-state index in [1.807, 2.05) is 30.3 Å². The number of imide groups is 1. The zero-order valence-corrected chi connectivity index (χ0v) is 25.9. The molecule has 0 bridgehead atoms. The van der Waals surface area contributed by atoms with Gasteiger partial charge < -0.3 is 10.1 Å². The van der Waals surface area contributed by atoms with Crippen molar-refractivity contribution in [1.29, 1.82) is 0 Å². The van der Waals surface area contributed by atoms with Crippen molar-refractivity contribution in [2.24, 2.45) is 5.92 Å². The zero-order valence-electron chi connectivity index (χ0n) is 22.7. The van der Waals surface area contributed by atoms with Gasteiger partial charge in [-0.25, -0.2) is 9.69 Å². The van der Waals surface area contributed by atoms with Gasteiger partial charge in [0, 0.05) is 21.0 Å². The summed E-state index contributed by atoms with van der Waals surface area (Å²) in [5.41, 5.74) is 2.02. The third-order valence-electron chi connectivity index (χ3n) is 7.25. The van der Waals surface area contributed by atoms with Gasteiger partial charge in [0.05, 0.1) is 28.8 Å². The van der Waals surface area contributed by atoms with Gasteiger partial charge in [-0.05, 0) is 61.0 Å². The molecule has 3 heterocycles. The van der Waals surface area contributed by atoms with Crippen LogP contribution in [0.1, 0.15) is 33.6 Å². The second-order valence-electron chi connectivity index (χ2n) is 9.91. The van der Waals surface area contributed by atoms with E-state index in [0.29, 0.717) is 26.8 Å². The minimum Gasteiger partial charge on any atom is -0.462 e. The third kappa shape index (κ3) is 5.46. The van der Waals surface area contributed by atoms with Crippen LogP contribution in [-0.4, -0.2) is 40.1 Å². The number of hydrogen-bond acceptors (Lipinski definition) is 8. The van der Waals surface area contributed by atoms with Crippen molar-refractivity contribution in [3.05, 3.63) is 109 Å². The molecule has 43 heavy (non-hydrogen) atoms. The van der Waals surface area contributed by atoms with Crippen molar-refractivity contribution in [2.75, 3.05) is 16.8 Å². The highest BCUT2D eigenvalue weighted by atomic mass is 79.9. The minimum atomic E-state index is -0.828. The molecule has 0 aliphatic carbocycles. The molecule has 1 fully saturated rings. The number of carbonyl (C=O) groups excluding carboxylic acids is 4. The quantitative estimate of drug-likeness (QED) is 0.209. The number of esters is 1. The van der Waals surface area contributed by atoms with Crippen LogP contribution in [-0.2, 0) is 25.7 Å². The lowest BCUT2D eigenvalue weighted by Crippen LogP contribution is -2.33. The van der Waals surface area contributed by atoms with Crippen LogP contribution >= 0.6 is 39.0 Å². The summed E-state index contributed by atoms with van der Waals surface area (Å²) in [5.74, 6) is -3.06. The van der Waals surface area contributed by atoms with E-state index in [-0.39, 0.29) is 23.9 Å². The molecule has 3 atom stereocenters. The molecule has 2 aliphatic heterocycles. The van der Waals surface area contributed by atoms with Gasteiger partial charge in [0.25, 0.3) is 0 Å². The number of thioether (sulfide) groups is 1. The molecule has 0 saturated carbocycles. The van der Waals surface area contributed by atoms with Gasteiger partial charge in [0.1, 0.15) is 11.8 Å². The first-order valence-corrected chi connectivity index (χ1v) is 15.9. The first-order chi connectivity index (χ1) is 20.8. The number of para-hydroxylation sites is 1. The highest BCUT2D eigenvalue weighted by Crippen LogP contribution is 2.54. The first-order valence-electron chi connectivity index (χ1n) is 13.4. The monoisotopic (exact) mass is 677 g/mol. The Balaban J connectivity index is 1.38. The van der Waals surface area contributed by atoms with E-state index in [9.17, 15) is 24.0 Å². The van der Waals surface area contributed by atoms with Crippen LogP contribution in [0.4, 0.5) is 11.4 Å². The normalized spacial score (nSPS) is 19.1. The Morgan fingerprint density at radius 2 is 1.70 bits per heavy atom. The highest BCUT2D eigenvalue weighted by molar-refractivity contribution is 9.10. The fourth-order valence-electron chi connectivity index (χ4n) is 5.40. The summed E-state index contributed by atoms with van der Waals surface area (Å²) in [5, 5.41) is 2.48. The lowest BCUT2D eigenvalue weighted by molar-refractivity contribution is -0.122. The number of rotatable bonds is 7. The molecule has 3 aromatic carbocycles. The van der Waals surface area contributed by atoms with E-state index < -0.39 is 34.9 Å². The van der Waals surface area contributed by atoms with Crippen LogP contribution in [0.3, 0.4) is 0 Å². The molecule has 12 heteroatoms. The molecule has 3 amide bonds. The Labute approximate surface area is 263 Å². The van der Waals surface area contributed by atoms with Gasteiger partial charge in [-0.15, -0.1) is 0 Å². The molecule has 1 aromatic heterocycles. The van der Waals surface area contributed by atoms with Gasteiger partial charge in [-0.2, -0.15) is 0 Å². The van der Waals surface area contributed by atoms with Gasteiger partial charge in [0.15, 0.2) is 0 Å². The Morgan fingerprint density at radius 1 is 0.953 bits per heavy atom. The Morgan fingerprint density at radius 3 is 2.40 bits per heavy atom. The molecule has 0 spiro atoms. The summed E-state index contributed by atoms with van der Waals surface area (Å²) >= 11 is 5.65. The van der Waals surface area contributed by atoms with Crippen LogP contribution in [0.25, 0.3) is 0 Å². The van der Waals surface area contributed by atoms with Gasteiger partial charge >= 0.3 is 10.8 Å². The number of fused-ring (bicyclic) bond motifs is 2. The molecule has 1 saturated heterocycles. The van der Waals surface area contributed by atoms with Gasteiger partial charge in [-0.3, -0.25) is 23.7 Å². The van der Waals surface area contributed by atoms with E-state index >= 15 is 0 Å². The number of anilines is 2. The molecular formula is C31H24BrN3O6S2. The standard InChI is InChI=1S/C31H24BrN3O6S2/c1-2-41-30(39)17-11-13-21(14-12-17)35-27(37)24-23(18-7-6-8-19(32)15-18)26-29(42-25(24)28(35)38)34(31(40)43-26)16-22(36)33-20-9-4-3-5-10-20/h3-15,23-25H,2,16H2,1H3,(H,33,36)/t23-,24?,25?/m1/s1. The zero-order chi connectivity index (χ0) is 30.2. The number of aromatic nitrogens is 1. The van der Waals surface area contributed by atoms with Crippen molar-refractivity contribution in [3.8, 4) is 0 Å². The van der Waals surface area contributed by atoms with Crippen LogP contribution in [0, 0.1) is 5.92 Å². The Bertz CT molecular complexity index is 1800. The number of halogens is 1. The number of nitrogens with one attached hydrogen (secondary N) is 1. The van der Waals surface area contributed by atoms with Crippen molar-refractivity contribution in [3.63, 3.8) is 0 Å². The summed E-state index contributed by atoms with van der Waals surface area (Å²) in [6.45, 7) is 1.70. The summed E-state index contributed by atoms with van der Waals surface area (Å²) < 4.78 is 7.22. The van der Waals surface area contributed by atoms with E-state index in [1.54, 1.807) is 43.3 Å². The number of hydrogen-bond donors (Lipinski definition) is 1. The second kappa shape index (κ2) is 11.9. The summed E-state index contributed by atoms with van der Waals surface area (Å²) in [6.07, 6.45) is 0. The molecule has 6 rings (SSSR count). The van der Waals surface area contributed by atoms with Crippen molar-refractivity contribution < 1.29 is 23.9 Å². The number of ether oxygens (including phenoxy) is 1. The predicted octanol–water partition coefficient (Wildman–Crippen LogP) is 5.28. The lowest BCUT2D eigenvalue weighted by Gasteiger charge is -2.30. The number of benzene rings is 3. The largest absolute Gasteiger partial charge is 0.462 e. The van der Waals surface area contributed by atoms with E-state index in [0.717, 1.165) is 38.0 Å². The maximum Gasteiger partial charge on any atom is 0.338 e. The molecule has 1 N–H and O–H groups in total. The maximum atomic E-state index is 14.1. The Hall–Kier alpha value is -4.00. The Kier molecular flexibility index (Phi) is 8.08. The average molecular weight is 679 g/mol. The molecule has 2 unspecified atom stereocenters. The minimum absolute atomic E-state index is 0.227. The van der Waals surface area contributed by atoms with E-state index in [4.69, 9.17) is 4.74 Å². The molecule has 2 aliphatic rings. The summed E-state index contributed by atoms with van der Waals surface area (Å²) in [4.78, 5) is 67.9. The fraction of sp³-hybridized carbons (Fsp3) is 0.194. The molecular weight excluding hydrogens is 654 g/mol. The SMILES string of the molecule is CCOC(=O)c1ccc(N2C(=O)C3Sc4c(sc(=O)n4CC(=O)Nc4ccccc4)[C@H](c4cccc(Br)c4)C3C2=O)cc1. The number of thiazole rings is 1. The van der Waals surface area contributed by atoms with Crippen LogP contribution in [0.5, 0.6) is 0 Å². The van der Waals surface area contributed by atoms with Crippen molar-refractivity contribution in [1.82, 2.24) is 4.57 Å². The summed E-state index contributed by atoms with van der Waals surface area (Å²) in [7, 11) is 0. The van der Waals surface area contributed by atoms with Gasteiger partial charge in [-0.1, -0.05) is 69.4 Å². The molecule has 9 nitrogen and oxygen atoms in total. The summed E-state index contributed by atoms with van der Waals surface area (Å²) in [6, 6.07) is 22.5. The first kappa shape index (κ1) is 29.1. The number of carbonyl (C=O) groups is 4. The average Bonchev–Trinajstić information content (AvgIpc) is 3.44.